The van der Waals surface area contributed by atoms with Crippen LogP contribution < -0.4 is 5.32 Å². The number of hydrogen-bond donors (Lipinski definition) is 3. The molecule has 0 spiro atoms. The van der Waals surface area contributed by atoms with Gasteiger partial charge < -0.3 is 20.3 Å². The van der Waals surface area contributed by atoms with E-state index in [9.17, 15) is 19.8 Å². The average Bonchev–Trinajstić information content (AvgIpc) is 3.50. The summed E-state index contributed by atoms with van der Waals surface area (Å²) in [5, 5.41) is 23.0. The number of amides is 1. The van der Waals surface area contributed by atoms with Crippen LogP contribution in [0.2, 0.25) is 0 Å². The summed E-state index contributed by atoms with van der Waals surface area (Å²) < 4.78 is 5.51. The van der Waals surface area contributed by atoms with Crippen molar-refractivity contribution in [3.8, 4) is 0 Å². The zero-order valence-corrected chi connectivity index (χ0v) is 55.7. The van der Waals surface area contributed by atoms with E-state index in [0.29, 0.717) is 19.4 Å². The molecule has 0 heterocycles. The monoisotopic (exact) mass is 1160 g/mol. The Kier molecular flexibility index (Phi) is 69.9. The van der Waals surface area contributed by atoms with Gasteiger partial charge in [0.1, 0.15) is 0 Å². The van der Waals surface area contributed by atoms with E-state index in [2.05, 4.69) is 67.8 Å². The molecule has 0 rings (SSSR count). The Morgan fingerprint density at radius 3 is 0.940 bits per heavy atom. The second kappa shape index (κ2) is 72.0. The Morgan fingerprint density at radius 2 is 0.602 bits per heavy atom. The molecule has 0 aliphatic heterocycles. The molecule has 0 saturated heterocycles. The summed E-state index contributed by atoms with van der Waals surface area (Å²) in [5.74, 6) is -0.0516. The maximum Gasteiger partial charge on any atom is 0.305 e. The van der Waals surface area contributed by atoms with E-state index in [0.717, 1.165) is 57.8 Å². The highest BCUT2D eigenvalue weighted by Crippen LogP contribution is 2.18. The quantitative estimate of drug-likeness (QED) is 0.0320. The van der Waals surface area contributed by atoms with Crippen molar-refractivity contribution in [2.24, 2.45) is 0 Å². The summed E-state index contributed by atoms with van der Waals surface area (Å²) in [5.41, 5.74) is 0. The number of esters is 1. The van der Waals surface area contributed by atoms with Crippen LogP contribution in [0.15, 0.2) is 60.8 Å². The molecular weight excluding hydrogens is 1020 g/mol. The van der Waals surface area contributed by atoms with Gasteiger partial charge >= 0.3 is 5.97 Å². The van der Waals surface area contributed by atoms with Gasteiger partial charge in [0.05, 0.1) is 25.4 Å². The molecule has 0 aromatic carbocycles. The smallest absolute Gasteiger partial charge is 0.305 e. The van der Waals surface area contributed by atoms with Gasteiger partial charge in [0.25, 0.3) is 0 Å². The molecule has 0 aliphatic carbocycles. The number of ether oxygens (including phenoxy) is 1. The van der Waals surface area contributed by atoms with E-state index in [-0.39, 0.29) is 18.5 Å². The minimum Gasteiger partial charge on any atom is -0.466 e. The molecule has 3 N–H and O–H groups in total. The maximum atomic E-state index is 12.4. The lowest BCUT2D eigenvalue weighted by molar-refractivity contribution is -0.143. The van der Waals surface area contributed by atoms with Crippen LogP contribution >= 0.6 is 0 Å². The summed E-state index contributed by atoms with van der Waals surface area (Å²) >= 11 is 0. The lowest BCUT2D eigenvalue weighted by Gasteiger charge is -2.20. The highest BCUT2D eigenvalue weighted by Gasteiger charge is 2.18. The van der Waals surface area contributed by atoms with Gasteiger partial charge in [-0.2, -0.15) is 0 Å². The predicted octanol–water partition coefficient (Wildman–Crippen LogP) is 24.2. The van der Waals surface area contributed by atoms with E-state index < -0.39 is 12.1 Å². The fourth-order valence-electron chi connectivity index (χ4n) is 11.3. The van der Waals surface area contributed by atoms with Gasteiger partial charge in [-0.25, -0.2) is 0 Å². The van der Waals surface area contributed by atoms with E-state index in [1.165, 1.54) is 308 Å². The molecule has 1 amide bonds. The Hall–Kier alpha value is -2.44. The van der Waals surface area contributed by atoms with Crippen molar-refractivity contribution in [3.05, 3.63) is 60.8 Å². The van der Waals surface area contributed by atoms with Crippen LogP contribution in [-0.2, 0) is 14.3 Å². The number of hydrogen-bond acceptors (Lipinski definition) is 5. The normalized spacial score (nSPS) is 12.9. The Labute approximate surface area is 518 Å². The van der Waals surface area contributed by atoms with Crippen molar-refractivity contribution in [3.63, 3.8) is 0 Å². The first kappa shape index (κ1) is 80.6. The minimum atomic E-state index is -0.841. The van der Waals surface area contributed by atoms with Gasteiger partial charge in [-0.1, -0.05) is 344 Å². The summed E-state index contributed by atoms with van der Waals surface area (Å²) in [6.45, 7) is 4.88. The van der Waals surface area contributed by atoms with E-state index in [1.807, 2.05) is 6.08 Å². The van der Waals surface area contributed by atoms with Crippen molar-refractivity contribution in [2.75, 3.05) is 13.2 Å². The molecule has 2 atom stereocenters. The van der Waals surface area contributed by atoms with Crippen molar-refractivity contribution in [1.29, 1.82) is 0 Å². The molecule has 486 valence electrons. The first-order chi connectivity index (χ1) is 41.0. The van der Waals surface area contributed by atoms with Crippen LogP contribution in [0, 0.1) is 0 Å². The summed E-state index contributed by atoms with van der Waals surface area (Å²) in [6.07, 6.45) is 96.2. The number of rotatable bonds is 69. The number of carbonyl (C=O) groups is 2. The third-order valence-corrected chi connectivity index (χ3v) is 17.0. The molecule has 0 aliphatic rings. The van der Waals surface area contributed by atoms with E-state index >= 15 is 0 Å². The first-order valence-electron chi connectivity index (χ1n) is 37.1. The Bertz CT molecular complexity index is 1430. The highest BCUT2D eigenvalue weighted by molar-refractivity contribution is 5.76. The number of aliphatic hydroxyl groups excluding tert-OH is 2. The third kappa shape index (κ3) is 68.5. The molecule has 0 saturated carbocycles. The molecular formula is C77H143NO5. The molecule has 0 bridgehead atoms. The molecule has 0 fully saturated rings. The standard InChI is InChI=1S/C77H143NO5/c1-3-5-7-9-11-13-15-16-17-18-38-42-45-48-51-55-59-63-67-71-77(82)83-72-68-64-60-56-52-49-46-43-40-37-35-33-31-29-27-25-23-21-19-20-22-24-26-28-30-32-34-36-39-41-44-47-50-54-58-62-66-70-76(81)78-74(73-79)75(80)69-65-61-57-53-14-12-10-8-6-4-2/h11,13,16-17,19,21,25,27,65,69,74-75,79-80H,3-10,12,14-15,18,20,22-24,26,28-64,66-68,70-73H2,1-2H3,(H,78,81)/b13-11-,17-16-,21-19-,27-25-,69-65+. The van der Waals surface area contributed by atoms with Crippen LogP contribution in [0.5, 0.6) is 0 Å². The first-order valence-corrected chi connectivity index (χ1v) is 37.1. The van der Waals surface area contributed by atoms with Crippen molar-refractivity contribution in [1.82, 2.24) is 5.32 Å². The number of carbonyl (C=O) groups excluding carboxylic acids is 2. The van der Waals surface area contributed by atoms with Gasteiger partial charge in [-0.3, -0.25) is 9.59 Å². The molecule has 0 radical (unpaired) electrons. The third-order valence-electron chi connectivity index (χ3n) is 17.0. The fourth-order valence-corrected chi connectivity index (χ4v) is 11.3. The molecule has 6 heteroatoms. The van der Waals surface area contributed by atoms with Gasteiger partial charge in [-0.05, 0) is 96.3 Å². The number of nitrogens with one attached hydrogen (secondary N) is 1. The van der Waals surface area contributed by atoms with Gasteiger partial charge in [-0.15, -0.1) is 0 Å². The van der Waals surface area contributed by atoms with Crippen molar-refractivity contribution in [2.45, 2.75) is 405 Å². The predicted molar refractivity (Wildman–Crippen MR) is 365 cm³/mol. The van der Waals surface area contributed by atoms with E-state index in [1.54, 1.807) is 6.08 Å². The van der Waals surface area contributed by atoms with Crippen LogP contribution in [0.4, 0.5) is 0 Å². The SMILES string of the molecule is CCCCC/C=C\C/C=C\CCCCCCCCCCCC(=O)OCCCCCCCCCCCCCCC/C=C\C/C=C\CCCCCCCCCCCCCCCCCCCC(=O)NC(CO)C(O)/C=C/CCCCCCCCCC. The zero-order chi connectivity index (χ0) is 59.9. The summed E-state index contributed by atoms with van der Waals surface area (Å²) in [7, 11) is 0. The number of aliphatic hydroxyl groups is 2. The topological polar surface area (TPSA) is 95.9 Å². The largest absolute Gasteiger partial charge is 0.466 e. The van der Waals surface area contributed by atoms with Crippen LogP contribution in [0.1, 0.15) is 393 Å². The van der Waals surface area contributed by atoms with Gasteiger partial charge in [0.2, 0.25) is 5.91 Å². The summed E-state index contributed by atoms with van der Waals surface area (Å²) in [6, 6.07) is -0.625. The molecule has 0 aromatic heterocycles. The van der Waals surface area contributed by atoms with Crippen molar-refractivity contribution >= 4 is 11.9 Å². The molecule has 6 nitrogen and oxygen atoms in total. The second-order valence-electron chi connectivity index (χ2n) is 25.3. The molecule has 83 heavy (non-hydrogen) atoms. The van der Waals surface area contributed by atoms with Crippen LogP contribution in [-0.4, -0.2) is 47.4 Å². The van der Waals surface area contributed by atoms with E-state index in [4.69, 9.17) is 4.74 Å². The highest BCUT2D eigenvalue weighted by atomic mass is 16.5. The Morgan fingerprint density at radius 1 is 0.337 bits per heavy atom. The van der Waals surface area contributed by atoms with Gasteiger partial charge in [0, 0.05) is 12.8 Å². The Balaban J connectivity index is 3.35. The van der Waals surface area contributed by atoms with Crippen molar-refractivity contribution < 1.29 is 24.5 Å². The molecule has 0 aromatic rings. The van der Waals surface area contributed by atoms with Gasteiger partial charge in [0.15, 0.2) is 0 Å². The second-order valence-corrected chi connectivity index (χ2v) is 25.3. The fraction of sp³-hybridized carbons (Fsp3) is 0.844. The maximum absolute atomic E-state index is 12.4. The number of unbranched alkanes of at least 4 members (excludes halogenated alkanes) is 50. The summed E-state index contributed by atoms with van der Waals surface area (Å²) in [4.78, 5) is 24.5. The number of allylic oxidation sites excluding steroid dienone is 9. The average molecular weight is 1160 g/mol. The minimum absolute atomic E-state index is 0.0147. The zero-order valence-electron chi connectivity index (χ0n) is 55.7. The molecule has 2 unspecified atom stereocenters. The van der Waals surface area contributed by atoms with Crippen LogP contribution in [0.3, 0.4) is 0 Å². The lowest BCUT2D eigenvalue weighted by atomic mass is 10.0. The lowest BCUT2D eigenvalue weighted by Crippen LogP contribution is -2.45. The van der Waals surface area contributed by atoms with Crippen LogP contribution in [0.25, 0.3) is 0 Å².